The average molecular weight is 322 g/mol. The molecular formula is C19H22N4O. The molecule has 0 N–H and O–H groups in total. The summed E-state index contributed by atoms with van der Waals surface area (Å²) in [5.41, 5.74) is 2.45. The first-order valence-corrected chi connectivity index (χ1v) is 8.42. The van der Waals surface area contributed by atoms with Gasteiger partial charge >= 0.3 is 0 Å². The highest BCUT2D eigenvalue weighted by Gasteiger charge is 2.35. The average Bonchev–Trinajstić information content (AvgIpc) is 3.17. The second kappa shape index (κ2) is 5.58. The number of benzene rings is 1. The molecule has 24 heavy (non-hydrogen) atoms. The summed E-state index contributed by atoms with van der Waals surface area (Å²) >= 11 is 0. The third kappa shape index (κ3) is 2.75. The number of hydrogen-bond donors (Lipinski definition) is 0. The lowest BCUT2D eigenvalue weighted by molar-refractivity contribution is 0.214. The zero-order valence-corrected chi connectivity index (χ0v) is 14.3. The van der Waals surface area contributed by atoms with E-state index in [2.05, 4.69) is 64.7 Å². The lowest BCUT2D eigenvalue weighted by atomic mass is 9.80. The molecule has 2 aromatic heterocycles. The summed E-state index contributed by atoms with van der Waals surface area (Å²) in [6.45, 7) is 6.63. The molecule has 0 unspecified atom stereocenters. The first-order chi connectivity index (χ1) is 11.5. The van der Waals surface area contributed by atoms with Crippen molar-refractivity contribution >= 4 is 0 Å². The van der Waals surface area contributed by atoms with Crippen molar-refractivity contribution in [3.8, 4) is 11.4 Å². The first-order valence-electron chi connectivity index (χ1n) is 8.42. The molecule has 0 saturated heterocycles. The maximum absolute atomic E-state index is 5.50. The topological polar surface area (TPSA) is 56.7 Å². The van der Waals surface area contributed by atoms with Crippen LogP contribution in [-0.4, -0.2) is 19.7 Å². The van der Waals surface area contributed by atoms with E-state index in [4.69, 9.17) is 4.52 Å². The predicted octanol–water partition coefficient (Wildman–Crippen LogP) is 4.35. The molecule has 1 saturated carbocycles. The molecule has 2 heterocycles. The zero-order chi connectivity index (χ0) is 16.7. The van der Waals surface area contributed by atoms with Gasteiger partial charge in [-0.2, -0.15) is 4.98 Å². The Kier molecular flexibility index (Phi) is 3.52. The fourth-order valence-corrected chi connectivity index (χ4v) is 3.16. The van der Waals surface area contributed by atoms with E-state index < -0.39 is 0 Å². The minimum absolute atomic E-state index is 0.148. The Morgan fingerprint density at radius 3 is 2.50 bits per heavy atom. The lowest BCUT2D eigenvalue weighted by Gasteiger charge is -2.33. The number of nitrogens with zero attached hydrogens (tertiary/aromatic N) is 4. The molecule has 0 aliphatic heterocycles. The standard InChI is InChI=1S/C19H22N4O/c1-19(2,3)15-6-4-13(5-7-15)17-21-18(24-22-17)14-10-16(11-14)23-9-8-20-12-23/h4-9,12,14,16H,10-11H2,1-3H3. The molecule has 5 nitrogen and oxygen atoms in total. The van der Waals surface area contributed by atoms with Crippen molar-refractivity contribution in [3.63, 3.8) is 0 Å². The molecule has 0 spiro atoms. The number of rotatable bonds is 3. The van der Waals surface area contributed by atoms with Crippen molar-refractivity contribution in [2.24, 2.45) is 0 Å². The monoisotopic (exact) mass is 322 g/mol. The van der Waals surface area contributed by atoms with Crippen molar-refractivity contribution < 1.29 is 4.52 Å². The SMILES string of the molecule is CC(C)(C)c1ccc(-c2noc(C3CC(n4ccnc4)C3)n2)cc1. The Labute approximate surface area is 141 Å². The predicted molar refractivity (Wildman–Crippen MR) is 91.7 cm³/mol. The summed E-state index contributed by atoms with van der Waals surface area (Å²) < 4.78 is 7.65. The number of hydrogen-bond acceptors (Lipinski definition) is 4. The zero-order valence-electron chi connectivity index (χ0n) is 14.3. The van der Waals surface area contributed by atoms with E-state index in [0.29, 0.717) is 17.8 Å². The molecule has 1 aromatic carbocycles. The third-order valence-electron chi connectivity index (χ3n) is 4.86. The van der Waals surface area contributed by atoms with E-state index >= 15 is 0 Å². The van der Waals surface area contributed by atoms with Crippen LogP contribution >= 0.6 is 0 Å². The van der Waals surface area contributed by atoms with Crippen LogP contribution in [0, 0.1) is 0 Å². The molecule has 1 fully saturated rings. The van der Waals surface area contributed by atoms with Crippen LogP contribution in [0.2, 0.25) is 0 Å². The summed E-state index contributed by atoms with van der Waals surface area (Å²) in [7, 11) is 0. The molecule has 0 bridgehead atoms. The summed E-state index contributed by atoms with van der Waals surface area (Å²) in [5.74, 6) is 1.78. The lowest BCUT2D eigenvalue weighted by Crippen LogP contribution is -2.24. The van der Waals surface area contributed by atoms with Gasteiger partial charge in [0.1, 0.15) is 0 Å². The van der Waals surface area contributed by atoms with E-state index in [-0.39, 0.29) is 5.41 Å². The van der Waals surface area contributed by atoms with Crippen molar-refractivity contribution in [2.75, 3.05) is 0 Å². The van der Waals surface area contributed by atoms with Gasteiger partial charge in [-0.1, -0.05) is 50.2 Å². The highest BCUT2D eigenvalue weighted by molar-refractivity contribution is 5.55. The van der Waals surface area contributed by atoms with E-state index in [1.54, 1.807) is 0 Å². The Balaban J connectivity index is 1.46. The van der Waals surface area contributed by atoms with Crippen LogP contribution in [0.4, 0.5) is 0 Å². The van der Waals surface area contributed by atoms with Crippen LogP contribution in [0.15, 0.2) is 47.5 Å². The van der Waals surface area contributed by atoms with Crippen LogP contribution < -0.4 is 0 Å². The molecule has 0 radical (unpaired) electrons. The highest BCUT2D eigenvalue weighted by Crippen LogP contribution is 2.44. The van der Waals surface area contributed by atoms with Crippen molar-refractivity contribution in [1.82, 2.24) is 19.7 Å². The molecule has 3 aromatic rings. The van der Waals surface area contributed by atoms with E-state index in [1.807, 2.05) is 18.7 Å². The summed E-state index contributed by atoms with van der Waals surface area (Å²) in [6, 6.07) is 8.93. The maximum Gasteiger partial charge on any atom is 0.230 e. The largest absolute Gasteiger partial charge is 0.339 e. The van der Waals surface area contributed by atoms with Gasteiger partial charge in [-0.15, -0.1) is 0 Å². The Morgan fingerprint density at radius 2 is 1.88 bits per heavy atom. The Hall–Kier alpha value is -2.43. The van der Waals surface area contributed by atoms with E-state index in [9.17, 15) is 0 Å². The van der Waals surface area contributed by atoms with Crippen molar-refractivity contribution in [2.45, 2.75) is 51.0 Å². The molecule has 5 heteroatoms. The van der Waals surface area contributed by atoms with Crippen molar-refractivity contribution in [3.05, 3.63) is 54.4 Å². The fourth-order valence-electron chi connectivity index (χ4n) is 3.16. The van der Waals surface area contributed by atoms with Gasteiger partial charge in [0, 0.05) is 29.9 Å². The summed E-state index contributed by atoms with van der Waals surface area (Å²) in [4.78, 5) is 8.71. The van der Waals surface area contributed by atoms with Gasteiger partial charge in [-0.05, 0) is 23.8 Å². The van der Waals surface area contributed by atoms with Gasteiger partial charge in [0.2, 0.25) is 11.7 Å². The highest BCUT2D eigenvalue weighted by atomic mass is 16.5. The van der Waals surface area contributed by atoms with E-state index in [1.165, 1.54) is 5.56 Å². The molecule has 0 amide bonds. The second-order valence-electron chi connectivity index (χ2n) is 7.62. The first kappa shape index (κ1) is 15.1. The van der Waals surface area contributed by atoms with Gasteiger partial charge in [0.25, 0.3) is 0 Å². The number of aromatic nitrogens is 4. The Morgan fingerprint density at radius 1 is 1.12 bits per heavy atom. The molecule has 1 aliphatic carbocycles. The van der Waals surface area contributed by atoms with Crippen LogP contribution in [0.1, 0.15) is 57.0 Å². The maximum atomic E-state index is 5.50. The van der Waals surface area contributed by atoms with Crippen LogP contribution in [0.25, 0.3) is 11.4 Å². The van der Waals surface area contributed by atoms with Crippen LogP contribution in [-0.2, 0) is 5.41 Å². The van der Waals surface area contributed by atoms with Gasteiger partial charge in [0.15, 0.2) is 0 Å². The van der Waals surface area contributed by atoms with E-state index in [0.717, 1.165) is 24.3 Å². The summed E-state index contributed by atoms with van der Waals surface area (Å²) in [6.07, 6.45) is 7.76. The third-order valence-corrected chi connectivity index (χ3v) is 4.86. The van der Waals surface area contributed by atoms with Gasteiger partial charge in [-0.25, -0.2) is 4.98 Å². The molecular weight excluding hydrogens is 300 g/mol. The normalized spacial score (nSPS) is 20.8. The summed E-state index contributed by atoms with van der Waals surface area (Å²) in [5, 5.41) is 4.16. The van der Waals surface area contributed by atoms with Gasteiger partial charge in [-0.3, -0.25) is 0 Å². The minimum Gasteiger partial charge on any atom is -0.339 e. The second-order valence-corrected chi connectivity index (χ2v) is 7.62. The minimum atomic E-state index is 0.148. The molecule has 124 valence electrons. The van der Waals surface area contributed by atoms with Gasteiger partial charge in [0.05, 0.1) is 6.33 Å². The van der Waals surface area contributed by atoms with Gasteiger partial charge < -0.3 is 9.09 Å². The molecule has 1 aliphatic rings. The van der Waals surface area contributed by atoms with Crippen LogP contribution in [0.3, 0.4) is 0 Å². The Bertz CT molecular complexity index is 806. The fraction of sp³-hybridized carbons (Fsp3) is 0.421. The van der Waals surface area contributed by atoms with Crippen molar-refractivity contribution in [1.29, 1.82) is 0 Å². The quantitative estimate of drug-likeness (QED) is 0.719. The molecule has 0 atom stereocenters. The van der Waals surface area contributed by atoms with Crippen LogP contribution in [0.5, 0.6) is 0 Å². The number of imidazole rings is 1. The smallest absolute Gasteiger partial charge is 0.230 e. The molecule has 4 rings (SSSR count).